The van der Waals surface area contributed by atoms with Crippen molar-refractivity contribution < 1.29 is 27.4 Å². The van der Waals surface area contributed by atoms with Crippen LogP contribution in [0.3, 0.4) is 0 Å². The van der Waals surface area contributed by atoms with Crippen molar-refractivity contribution >= 4 is 11.7 Å². The van der Waals surface area contributed by atoms with Gasteiger partial charge in [-0.1, -0.05) is 13.8 Å². The maximum atomic E-state index is 14.0. The number of benzene rings is 1. The summed E-state index contributed by atoms with van der Waals surface area (Å²) in [6.45, 7) is 5.11. The van der Waals surface area contributed by atoms with Gasteiger partial charge in [-0.2, -0.15) is 18.3 Å². The summed E-state index contributed by atoms with van der Waals surface area (Å²) in [4.78, 5) is 15.6. The zero-order valence-electron chi connectivity index (χ0n) is 19.2. The van der Waals surface area contributed by atoms with Crippen molar-refractivity contribution in [2.45, 2.75) is 57.7 Å². The Morgan fingerprint density at radius 1 is 1.24 bits per heavy atom. The van der Waals surface area contributed by atoms with Gasteiger partial charge in [0, 0.05) is 23.7 Å². The van der Waals surface area contributed by atoms with Crippen LogP contribution in [-0.4, -0.2) is 32.9 Å². The van der Waals surface area contributed by atoms with E-state index in [1.54, 1.807) is 29.8 Å². The maximum Gasteiger partial charge on any atom is 0.419 e. The predicted octanol–water partition coefficient (Wildman–Crippen LogP) is 5.57. The van der Waals surface area contributed by atoms with Gasteiger partial charge < -0.3 is 15.2 Å². The van der Waals surface area contributed by atoms with Crippen LogP contribution in [0.1, 0.15) is 57.2 Å². The number of hydrogen-bond acceptors (Lipinski definition) is 5. The first-order valence-corrected chi connectivity index (χ1v) is 11.1. The Kier molecular flexibility index (Phi) is 6.18. The number of rotatable bonds is 8. The molecule has 0 spiro atoms. The second-order valence-electron chi connectivity index (χ2n) is 9.41. The van der Waals surface area contributed by atoms with Crippen LogP contribution in [0.15, 0.2) is 36.5 Å². The van der Waals surface area contributed by atoms with Crippen LogP contribution in [0.4, 0.5) is 18.0 Å². The maximum absolute atomic E-state index is 14.0. The highest BCUT2D eigenvalue weighted by molar-refractivity contribution is 5.66. The lowest BCUT2D eigenvalue weighted by Crippen LogP contribution is -2.41. The molecule has 7 nitrogen and oxygen atoms in total. The molecule has 1 aliphatic carbocycles. The van der Waals surface area contributed by atoms with Gasteiger partial charge >= 0.3 is 12.3 Å². The largest absolute Gasteiger partial charge is 0.489 e. The molecule has 4 rings (SSSR count). The number of carbonyl (C=O) groups is 1. The van der Waals surface area contributed by atoms with Crippen LogP contribution in [-0.2, 0) is 10.9 Å². The number of fused-ring (bicyclic) bond motifs is 1. The zero-order valence-corrected chi connectivity index (χ0v) is 19.2. The van der Waals surface area contributed by atoms with E-state index in [0.717, 1.165) is 24.6 Å². The molecule has 0 bridgehead atoms. The second kappa shape index (κ2) is 8.81. The third kappa shape index (κ3) is 5.26. The van der Waals surface area contributed by atoms with E-state index in [0.29, 0.717) is 29.2 Å². The second-order valence-corrected chi connectivity index (χ2v) is 9.41. The first-order chi connectivity index (χ1) is 15.9. The first-order valence-electron chi connectivity index (χ1n) is 11.1. The Hall–Kier alpha value is -3.30. The fourth-order valence-corrected chi connectivity index (χ4v) is 4.21. The van der Waals surface area contributed by atoms with Gasteiger partial charge in [-0.25, -0.2) is 14.3 Å². The van der Waals surface area contributed by atoms with Crippen LogP contribution in [0.2, 0.25) is 0 Å². The van der Waals surface area contributed by atoms with Gasteiger partial charge in [0.05, 0.1) is 17.0 Å². The van der Waals surface area contributed by atoms with Gasteiger partial charge in [0.15, 0.2) is 5.65 Å². The molecule has 182 valence electrons. The summed E-state index contributed by atoms with van der Waals surface area (Å²) in [7, 11) is 0. The van der Waals surface area contributed by atoms with Crippen LogP contribution in [0.25, 0.3) is 16.9 Å². The molecule has 0 aliphatic heterocycles. The van der Waals surface area contributed by atoms with E-state index in [4.69, 9.17) is 15.2 Å². The fraction of sp³-hybridized carbons (Fsp3) is 0.458. The Balaban J connectivity index is 1.67. The van der Waals surface area contributed by atoms with E-state index in [-0.39, 0.29) is 18.3 Å². The molecule has 1 aromatic carbocycles. The molecule has 3 aromatic rings. The molecule has 10 heteroatoms. The van der Waals surface area contributed by atoms with Gasteiger partial charge in [-0.05, 0) is 56.4 Å². The topological polar surface area (TPSA) is 91.7 Å². The molecular weight excluding hydrogens is 449 g/mol. The van der Waals surface area contributed by atoms with Gasteiger partial charge in [0.1, 0.15) is 18.0 Å². The third-order valence-electron chi connectivity index (χ3n) is 5.67. The van der Waals surface area contributed by atoms with Crippen LogP contribution >= 0.6 is 0 Å². The van der Waals surface area contributed by atoms with Crippen molar-refractivity contribution in [1.82, 2.24) is 14.6 Å². The van der Waals surface area contributed by atoms with Crippen LogP contribution in [0, 0.1) is 5.92 Å². The summed E-state index contributed by atoms with van der Waals surface area (Å²) in [5, 5.41) is 4.57. The monoisotopic (exact) mass is 476 g/mol. The lowest BCUT2D eigenvalue weighted by Gasteiger charge is -2.30. The summed E-state index contributed by atoms with van der Waals surface area (Å²) in [6, 6.07) is 7.37. The van der Waals surface area contributed by atoms with Crippen molar-refractivity contribution in [3.05, 3.63) is 47.8 Å². The highest BCUT2D eigenvalue weighted by Crippen LogP contribution is 2.41. The van der Waals surface area contributed by atoms with E-state index >= 15 is 0 Å². The van der Waals surface area contributed by atoms with E-state index in [9.17, 15) is 18.0 Å². The average Bonchev–Trinajstić information content (AvgIpc) is 3.48. The van der Waals surface area contributed by atoms with Crippen molar-refractivity contribution in [2.75, 3.05) is 6.61 Å². The summed E-state index contributed by atoms with van der Waals surface area (Å²) in [5.41, 5.74) is 5.37. The average molecular weight is 476 g/mol. The van der Waals surface area contributed by atoms with E-state index < -0.39 is 23.4 Å². The Morgan fingerprint density at radius 3 is 2.59 bits per heavy atom. The molecule has 2 heterocycles. The number of hydrogen-bond donors (Lipinski definition) is 1. The summed E-state index contributed by atoms with van der Waals surface area (Å²) < 4.78 is 54.3. The SMILES string of the molecule is CC(C)C[C@@](C)(COc1ccc(-c2ccnc3cc(C4CC4)nn23)cc1C(F)(F)F)OC(N)=O. The number of amides is 1. The molecule has 34 heavy (non-hydrogen) atoms. The van der Waals surface area contributed by atoms with Gasteiger partial charge in [-0.15, -0.1) is 0 Å². The number of nitrogens with zero attached hydrogens (tertiary/aromatic N) is 3. The molecule has 0 saturated heterocycles. The van der Waals surface area contributed by atoms with Gasteiger partial charge in [0.25, 0.3) is 0 Å². The molecule has 1 amide bonds. The number of primary amides is 1. The molecule has 1 aliphatic rings. The quantitative estimate of drug-likeness (QED) is 0.459. The molecule has 1 atom stereocenters. The minimum atomic E-state index is -4.67. The fourth-order valence-electron chi connectivity index (χ4n) is 4.21. The first kappa shape index (κ1) is 23.8. The molecule has 2 aromatic heterocycles. The number of aromatic nitrogens is 3. The Bertz CT molecular complexity index is 1200. The minimum absolute atomic E-state index is 0.0983. The summed E-state index contributed by atoms with van der Waals surface area (Å²) >= 11 is 0. The molecular formula is C24H27F3N4O3. The molecule has 1 saturated carbocycles. The summed E-state index contributed by atoms with van der Waals surface area (Å²) in [5.74, 6) is 0.128. The van der Waals surface area contributed by atoms with E-state index in [2.05, 4.69) is 10.1 Å². The van der Waals surface area contributed by atoms with Crippen LogP contribution < -0.4 is 10.5 Å². The van der Waals surface area contributed by atoms with Gasteiger partial charge in [-0.3, -0.25) is 0 Å². The van der Waals surface area contributed by atoms with Crippen molar-refractivity contribution in [1.29, 1.82) is 0 Å². The Labute approximate surface area is 195 Å². The molecule has 0 unspecified atom stereocenters. The van der Waals surface area contributed by atoms with Crippen LogP contribution in [0.5, 0.6) is 5.75 Å². The lowest BCUT2D eigenvalue weighted by atomic mass is 9.95. The molecule has 0 radical (unpaired) electrons. The zero-order chi connectivity index (χ0) is 24.7. The van der Waals surface area contributed by atoms with E-state index in [1.165, 1.54) is 6.07 Å². The van der Waals surface area contributed by atoms with Crippen molar-refractivity contribution in [3.8, 4) is 17.0 Å². The highest BCUT2D eigenvalue weighted by atomic mass is 19.4. The number of nitrogens with two attached hydrogens (primary N) is 1. The third-order valence-corrected chi connectivity index (χ3v) is 5.67. The number of carbonyl (C=O) groups excluding carboxylic acids is 1. The normalized spacial score (nSPS) is 16.0. The highest BCUT2D eigenvalue weighted by Gasteiger charge is 2.37. The molecule has 2 N–H and O–H groups in total. The van der Waals surface area contributed by atoms with Crippen molar-refractivity contribution in [3.63, 3.8) is 0 Å². The number of halogens is 3. The standard InChI is InChI=1S/C24H27F3N4O3/c1-14(2)12-23(3,34-22(28)32)13-33-20-7-6-16(10-17(20)24(25,26)27)19-8-9-29-21-11-18(15-4-5-15)30-31(19)21/h6-11,14-15H,4-5,12-13H2,1-3H3,(H2,28,32)/t23-/m0/s1. The Morgan fingerprint density at radius 2 is 1.97 bits per heavy atom. The lowest BCUT2D eigenvalue weighted by molar-refractivity contribution is -0.139. The number of ether oxygens (including phenoxy) is 2. The molecule has 1 fully saturated rings. The van der Waals surface area contributed by atoms with Crippen molar-refractivity contribution in [2.24, 2.45) is 11.7 Å². The number of alkyl halides is 3. The van der Waals surface area contributed by atoms with E-state index in [1.807, 2.05) is 19.9 Å². The smallest absolute Gasteiger partial charge is 0.419 e. The predicted molar refractivity (Wildman–Crippen MR) is 119 cm³/mol. The minimum Gasteiger partial charge on any atom is -0.489 e. The summed E-state index contributed by atoms with van der Waals surface area (Å²) in [6.07, 6.45) is -1.65. The van der Waals surface area contributed by atoms with Gasteiger partial charge in [0.2, 0.25) is 0 Å².